The number of aryl methyl sites for hydroxylation is 2. The summed E-state index contributed by atoms with van der Waals surface area (Å²) in [5.41, 5.74) is 9.95. The van der Waals surface area contributed by atoms with Crippen molar-refractivity contribution in [2.45, 2.75) is 38.8 Å². The number of pyridine rings is 1. The number of hydrogen-bond donors (Lipinski definition) is 1. The van der Waals surface area contributed by atoms with E-state index in [1.807, 2.05) is 30.8 Å². The van der Waals surface area contributed by atoms with E-state index in [1.54, 1.807) is 18.7 Å². The molecule has 29 heavy (non-hydrogen) atoms. The number of aromatic nitrogens is 1. The number of anilines is 1. The first-order valence-electron chi connectivity index (χ1n) is 8.86. The standard InChI is InChI=1S/C16H20N2O2S2.C2H6O4S/c1-5-20-15(19)14-12(17)13(16(22-14)21-6-2)18-8-10(3)7-11(4)9-18;1-2-6-7(3,4)5/h7-9H,5-6H2,1-4H3,(H-,17,19);2H2,1H3,(H,3,4,5). The van der Waals surface area contributed by atoms with Gasteiger partial charge in [-0.25, -0.2) is 13.2 Å². The number of thioether (sulfide) groups is 1. The van der Waals surface area contributed by atoms with E-state index in [-0.39, 0.29) is 12.6 Å². The number of nitrogens with zero attached hydrogens (tertiary/aromatic N) is 1. The van der Waals surface area contributed by atoms with Crippen molar-refractivity contribution in [2.75, 3.05) is 24.7 Å². The van der Waals surface area contributed by atoms with Gasteiger partial charge in [0, 0.05) is 11.1 Å². The van der Waals surface area contributed by atoms with Gasteiger partial charge in [-0.05, 0) is 39.5 Å². The van der Waals surface area contributed by atoms with E-state index in [1.165, 1.54) is 18.3 Å². The molecule has 8 nitrogen and oxygen atoms in total. The van der Waals surface area contributed by atoms with Gasteiger partial charge in [-0.1, -0.05) is 6.92 Å². The van der Waals surface area contributed by atoms with Crippen LogP contribution in [0, 0.1) is 13.8 Å². The molecule has 2 N–H and O–H groups in total. The molecule has 0 aliphatic carbocycles. The average Bonchev–Trinajstić information content (AvgIpc) is 2.90. The first-order valence-corrected chi connectivity index (χ1v) is 12.0. The molecule has 0 aliphatic rings. The predicted molar refractivity (Wildman–Crippen MR) is 113 cm³/mol. The van der Waals surface area contributed by atoms with Crippen LogP contribution in [0.15, 0.2) is 22.7 Å². The molecule has 0 aliphatic heterocycles. The molecular weight excluding hydrogens is 436 g/mol. The van der Waals surface area contributed by atoms with Crippen LogP contribution in [0.1, 0.15) is 41.6 Å². The van der Waals surface area contributed by atoms with Gasteiger partial charge in [0.05, 0.1) is 13.2 Å². The quantitative estimate of drug-likeness (QED) is 0.219. The Balaban J connectivity index is 0.000000516. The highest BCUT2D eigenvalue weighted by Crippen LogP contribution is 2.38. The molecule has 0 spiro atoms. The molecule has 2 rings (SSSR count). The van der Waals surface area contributed by atoms with E-state index < -0.39 is 10.4 Å². The van der Waals surface area contributed by atoms with Gasteiger partial charge in [0.2, 0.25) is 10.4 Å². The predicted octanol–water partition coefficient (Wildman–Crippen LogP) is 3.00. The molecule has 2 heterocycles. The van der Waals surface area contributed by atoms with Gasteiger partial charge in [0.1, 0.15) is 14.8 Å². The second-order valence-electron chi connectivity index (χ2n) is 5.75. The van der Waals surface area contributed by atoms with Crippen molar-refractivity contribution in [2.24, 2.45) is 0 Å². The maximum atomic E-state index is 12.1. The lowest BCUT2D eigenvalue weighted by atomic mass is 10.2. The summed E-state index contributed by atoms with van der Waals surface area (Å²) < 4.78 is 40.2. The van der Waals surface area contributed by atoms with Crippen LogP contribution in [-0.2, 0) is 19.3 Å². The molecule has 0 fully saturated rings. The Hall–Kier alpha value is -1.66. The summed E-state index contributed by atoms with van der Waals surface area (Å²) in [7, 11) is -4.42. The lowest BCUT2D eigenvalue weighted by Crippen LogP contribution is -2.32. The minimum Gasteiger partial charge on any atom is -0.726 e. The zero-order chi connectivity index (χ0) is 22.2. The summed E-state index contributed by atoms with van der Waals surface area (Å²) in [6.07, 6.45) is 4.06. The van der Waals surface area contributed by atoms with E-state index in [2.05, 4.69) is 17.2 Å². The maximum absolute atomic E-state index is 12.1. The van der Waals surface area contributed by atoms with Gasteiger partial charge >= 0.3 is 5.97 Å². The minimum atomic E-state index is -4.42. The topological polar surface area (TPSA) is 123 Å². The van der Waals surface area contributed by atoms with E-state index in [9.17, 15) is 17.8 Å². The highest BCUT2D eigenvalue weighted by Gasteiger charge is 2.28. The van der Waals surface area contributed by atoms with Crippen LogP contribution in [-0.4, -0.2) is 37.9 Å². The zero-order valence-corrected chi connectivity index (χ0v) is 19.5. The smallest absolute Gasteiger partial charge is 0.350 e. The van der Waals surface area contributed by atoms with Gasteiger partial charge in [0.15, 0.2) is 12.4 Å². The third kappa shape index (κ3) is 7.94. The summed E-state index contributed by atoms with van der Waals surface area (Å²) >= 11 is 3.10. The normalized spacial score (nSPS) is 11.0. The van der Waals surface area contributed by atoms with Crippen LogP contribution in [0.3, 0.4) is 0 Å². The van der Waals surface area contributed by atoms with Crippen molar-refractivity contribution in [1.29, 1.82) is 0 Å². The molecule has 0 saturated carbocycles. The van der Waals surface area contributed by atoms with E-state index in [0.717, 1.165) is 26.8 Å². The van der Waals surface area contributed by atoms with Gasteiger partial charge in [0.25, 0.3) is 5.69 Å². The number of rotatable bonds is 7. The fourth-order valence-electron chi connectivity index (χ4n) is 2.42. The highest BCUT2D eigenvalue weighted by molar-refractivity contribution is 8.01. The van der Waals surface area contributed by atoms with Crippen LogP contribution >= 0.6 is 23.1 Å². The summed E-state index contributed by atoms with van der Waals surface area (Å²) in [6.45, 7) is 9.65. The Morgan fingerprint density at radius 1 is 1.21 bits per heavy atom. The molecule has 0 unspecified atom stereocenters. The van der Waals surface area contributed by atoms with Gasteiger partial charge in [-0.3, -0.25) is 4.18 Å². The van der Waals surface area contributed by atoms with Crippen LogP contribution in [0.25, 0.3) is 5.69 Å². The van der Waals surface area contributed by atoms with E-state index in [4.69, 9.17) is 10.5 Å². The summed E-state index contributed by atoms with van der Waals surface area (Å²) in [4.78, 5) is 12.6. The molecule has 0 bridgehead atoms. The number of hydrogen-bond acceptors (Lipinski definition) is 9. The van der Waals surface area contributed by atoms with Crippen molar-refractivity contribution >= 4 is 45.2 Å². The summed E-state index contributed by atoms with van der Waals surface area (Å²) in [5.74, 6) is 0.569. The number of carbonyl (C=O) groups excluding carboxylic acids is 1. The monoisotopic (exact) mass is 462 g/mol. The molecule has 0 amide bonds. The minimum absolute atomic E-state index is 0.0914. The Morgan fingerprint density at radius 3 is 2.21 bits per heavy atom. The Kier molecular flexibility index (Phi) is 10.1. The number of carbonyl (C=O) groups is 1. The zero-order valence-electron chi connectivity index (χ0n) is 17.1. The van der Waals surface area contributed by atoms with Crippen molar-refractivity contribution < 1.29 is 31.3 Å². The summed E-state index contributed by atoms with van der Waals surface area (Å²) in [6, 6.07) is 2.11. The Bertz CT molecular complexity index is 921. The number of nitrogen functional groups attached to an aromatic ring is 1. The maximum Gasteiger partial charge on any atom is 0.350 e. The highest BCUT2D eigenvalue weighted by atomic mass is 32.3. The number of nitrogens with two attached hydrogens (primary N) is 1. The first kappa shape index (κ1) is 25.4. The largest absolute Gasteiger partial charge is 0.726 e. The van der Waals surface area contributed by atoms with Crippen molar-refractivity contribution in [3.8, 4) is 5.69 Å². The van der Waals surface area contributed by atoms with Crippen molar-refractivity contribution in [3.63, 3.8) is 0 Å². The molecule has 2 aromatic rings. The third-order valence-corrected chi connectivity index (χ3v) is 6.13. The first-order chi connectivity index (χ1) is 13.5. The van der Waals surface area contributed by atoms with Gasteiger partial charge in [-0.15, -0.1) is 23.1 Å². The van der Waals surface area contributed by atoms with Crippen LogP contribution in [0.5, 0.6) is 0 Å². The number of ether oxygens (including phenoxy) is 1. The Morgan fingerprint density at radius 2 is 1.79 bits per heavy atom. The van der Waals surface area contributed by atoms with E-state index >= 15 is 0 Å². The molecule has 11 heteroatoms. The second kappa shape index (κ2) is 11.5. The lowest BCUT2D eigenvalue weighted by molar-refractivity contribution is -0.597. The average molecular weight is 463 g/mol. The molecule has 0 aromatic carbocycles. The molecule has 0 saturated heterocycles. The van der Waals surface area contributed by atoms with Crippen molar-refractivity contribution in [3.05, 3.63) is 34.5 Å². The third-order valence-electron chi connectivity index (χ3n) is 3.29. The fourth-order valence-corrected chi connectivity index (χ4v) is 5.01. The molecule has 0 atom stereocenters. The number of esters is 1. The van der Waals surface area contributed by atoms with Crippen molar-refractivity contribution in [1.82, 2.24) is 0 Å². The fraction of sp³-hybridized carbons (Fsp3) is 0.444. The molecule has 0 radical (unpaired) electrons. The van der Waals surface area contributed by atoms with Gasteiger partial charge in [-0.2, -0.15) is 4.57 Å². The lowest BCUT2D eigenvalue weighted by Gasteiger charge is -2.02. The van der Waals surface area contributed by atoms with Crippen LogP contribution < -0.4 is 10.3 Å². The van der Waals surface area contributed by atoms with Crippen LogP contribution in [0.2, 0.25) is 0 Å². The van der Waals surface area contributed by atoms with Crippen LogP contribution in [0.4, 0.5) is 5.69 Å². The molecular formula is C18H26N2O6S3. The second-order valence-corrected chi connectivity index (χ2v) is 9.35. The molecule has 2 aromatic heterocycles. The summed E-state index contributed by atoms with van der Waals surface area (Å²) in [5, 5.41) is 0. The SMILES string of the molecule is CCOC(=O)c1sc(SCC)c(-[n+]2cc(C)cc(C)c2)c1N.CCOS(=O)(=O)[O-]. The van der Waals surface area contributed by atoms with Gasteiger partial charge < -0.3 is 15.0 Å². The van der Waals surface area contributed by atoms with E-state index in [0.29, 0.717) is 17.2 Å². The number of thiophene rings is 1. The molecule has 162 valence electrons. The Labute approximate surface area is 180 Å².